The molecule has 0 aromatic carbocycles. The van der Waals surface area contributed by atoms with Crippen LogP contribution < -0.4 is 11.1 Å². The number of methoxy groups -OCH3 is 1. The lowest BCUT2D eigenvalue weighted by molar-refractivity contribution is -0.127. The van der Waals surface area contributed by atoms with E-state index in [1.807, 2.05) is 4.90 Å². The Morgan fingerprint density at radius 2 is 1.91 bits per heavy atom. The van der Waals surface area contributed by atoms with Gasteiger partial charge in [0, 0.05) is 25.0 Å². The van der Waals surface area contributed by atoms with Crippen LogP contribution in [-0.2, 0) is 14.3 Å². The molecule has 2 fully saturated rings. The van der Waals surface area contributed by atoms with Gasteiger partial charge in [-0.2, -0.15) is 0 Å². The van der Waals surface area contributed by atoms with E-state index in [1.54, 1.807) is 7.11 Å². The van der Waals surface area contributed by atoms with Crippen molar-refractivity contribution in [1.82, 2.24) is 10.2 Å². The van der Waals surface area contributed by atoms with E-state index in [4.69, 9.17) is 10.5 Å². The fourth-order valence-corrected chi connectivity index (χ4v) is 3.80. The molecule has 1 aliphatic heterocycles. The number of likely N-dealkylation sites (tertiary alicyclic amines) is 1. The lowest BCUT2D eigenvalue weighted by Gasteiger charge is -2.32. The highest BCUT2D eigenvalue weighted by Gasteiger charge is 2.35. The van der Waals surface area contributed by atoms with Crippen molar-refractivity contribution >= 4 is 11.8 Å². The molecule has 1 saturated heterocycles. The summed E-state index contributed by atoms with van der Waals surface area (Å²) in [5.41, 5.74) is 5.34. The fourth-order valence-electron chi connectivity index (χ4n) is 3.80. The Hall–Kier alpha value is -1.14. The maximum absolute atomic E-state index is 12.4. The second-order valence-electron chi connectivity index (χ2n) is 6.87. The van der Waals surface area contributed by atoms with Gasteiger partial charge in [0.25, 0.3) is 0 Å². The monoisotopic (exact) mass is 311 g/mol. The molecule has 22 heavy (non-hydrogen) atoms. The standard InChI is InChI=1S/C16H29N3O3/c1-22-12-16(6-2-3-7-16)11-18-15(21)13-4-8-19(9-5-13)10-14(17)20/h13H,2-12H2,1H3,(H2,17,20)(H,18,21). The average molecular weight is 311 g/mol. The van der Waals surface area contributed by atoms with Crippen LogP contribution in [0.4, 0.5) is 0 Å². The first kappa shape index (κ1) is 17.2. The molecule has 0 bridgehead atoms. The molecule has 0 atom stereocenters. The van der Waals surface area contributed by atoms with Crippen molar-refractivity contribution in [2.24, 2.45) is 17.1 Å². The summed E-state index contributed by atoms with van der Waals surface area (Å²) in [6, 6.07) is 0. The van der Waals surface area contributed by atoms with Crippen LogP contribution in [0.3, 0.4) is 0 Å². The molecule has 0 aromatic rings. The number of nitrogens with zero attached hydrogens (tertiary/aromatic N) is 1. The third-order valence-electron chi connectivity index (χ3n) is 5.09. The lowest BCUT2D eigenvalue weighted by atomic mass is 9.86. The van der Waals surface area contributed by atoms with E-state index >= 15 is 0 Å². The Balaban J connectivity index is 1.75. The molecule has 0 aromatic heterocycles. The van der Waals surface area contributed by atoms with Gasteiger partial charge in [-0.05, 0) is 38.8 Å². The molecule has 126 valence electrons. The molecule has 6 nitrogen and oxygen atoms in total. The van der Waals surface area contributed by atoms with Crippen LogP contribution in [0.5, 0.6) is 0 Å². The van der Waals surface area contributed by atoms with Crippen LogP contribution in [0.15, 0.2) is 0 Å². The maximum atomic E-state index is 12.4. The van der Waals surface area contributed by atoms with Crippen LogP contribution >= 0.6 is 0 Å². The van der Waals surface area contributed by atoms with Crippen molar-refractivity contribution in [2.45, 2.75) is 38.5 Å². The highest BCUT2D eigenvalue weighted by molar-refractivity contribution is 5.79. The first-order chi connectivity index (χ1) is 10.5. The van der Waals surface area contributed by atoms with Gasteiger partial charge < -0.3 is 15.8 Å². The molecule has 3 N–H and O–H groups in total. The highest BCUT2D eigenvalue weighted by atomic mass is 16.5. The molecule has 1 heterocycles. The van der Waals surface area contributed by atoms with Gasteiger partial charge >= 0.3 is 0 Å². The van der Waals surface area contributed by atoms with Gasteiger partial charge in [0.1, 0.15) is 0 Å². The van der Waals surface area contributed by atoms with Crippen molar-refractivity contribution in [1.29, 1.82) is 0 Å². The summed E-state index contributed by atoms with van der Waals surface area (Å²) in [4.78, 5) is 25.3. The first-order valence-electron chi connectivity index (χ1n) is 8.32. The third kappa shape index (κ3) is 4.68. The second kappa shape index (κ2) is 7.92. The van der Waals surface area contributed by atoms with E-state index in [1.165, 1.54) is 12.8 Å². The molecular weight excluding hydrogens is 282 g/mol. The number of amides is 2. The Morgan fingerprint density at radius 1 is 1.27 bits per heavy atom. The maximum Gasteiger partial charge on any atom is 0.231 e. The first-order valence-corrected chi connectivity index (χ1v) is 8.32. The number of primary amides is 1. The molecule has 0 radical (unpaired) electrons. The van der Waals surface area contributed by atoms with Crippen molar-refractivity contribution in [3.05, 3.63) is 0 Å². The van der Waals surface area contributed by atoms with Crippen LogP contribution in [0.25, 0.3) is 0 Å². The number of hydrogen-bond donors (Lipinski definition) is 2. The molecule has 2 rings (SSSR count). The van der Waals surface area contributed by atoms with Crippen molar-refractivity contribution in [3.8, 4) is 0 Å². The Bertz CT molecular complexity index is 386. The van der Waals surface area contributed by atoms with E-state index in [0.29, 0.717) is 6.54 Å². The minimum absolute atomic E-state index is 0.0603. The topological polar surface area (TPSA) is 84.7 Å². The number of carbonyl (C=O) groups is 2. The van der Waals surface area contributed by atoms with Gasteiger partial charge in [0.15, 0.2) is 0 Å². The third-order valence-corrected chi connectivity index (χ3v) is 5.09. The minimum Gasteiger partial charge on any atom is -0.384 e. The van der Waals surface area contributed by atoms with Crippen molar-refractivity contribution in [2.75, 3.05) is 39.9 Å². The van der Waals surface area contributed by atoms with Crippen molar-refractivity contribution < 1.29 is 14.3 Å². The molecule has 6 heteroatoms. The van der Waals surface area contributed by atoms with Crippen LogP contribution in [0.2, 0.25) is 0 Å². The number of ether oxygens (including phenoxy) is 1. The van der Waals surface area contributed by atoms with E-state index in [-0.39, 0.29) is 23.1 Å². The molecule has 2 amide bonds. The summed E-state index contributed by atoms with van der Waals surface area (Å²) in [5, 5.41) is 3.15. The zero-order valence-electron chi connectivity index (χ0n) is 13.6. The minimum atomic E-state index is -0.300. The summed E-state index contributed by atoms with van der Waals surface area (Å²) in [6.07, 6.45) is 6.33. The smallest absolute Gasteiger partial charge is 0.231 e. The quantitative estimate of drug-likeness (QED) is 0.717. The Kier molecular flexibility index (Phi) is 6.20. The van der Waals surface area contributed by atoms with Gasteiger partial charge in [-0.25, -0.2) is 0 Å². The SMILES string of the molecule is COCC1(CNC(=O)C2CCN(CC(N)=O)CC2)CCCC1. The van der Waals surface area contributed by atoms with Gasteiger partial charge in [-0.3, -0.25) is 14.5 Å². The largest absolute Gasteiger partial charge is 0.384 e. The predicted octanol–water partition coefficient (Wildman–Crippen LogP) is 0.507. The van der Waals surface area contributed by atoms with Crippen LogP contribution in [0, 0.1) is 11.3 Å². The van der Waals surface area contributed by atoms with E-state index in [2.05, 4.69) is 5.32 Å². The fraction of sp³-hybridized carbons (Fsp3) is 0.875. The molecule has 1 aliphatic carbocycles. The van der Waals surface area contributed by atoms with Gasteiger partial charge in [0.05, 0.1) is 13.2 Å². The molecular formula is C16H29N3O3. The molecule has 0 unspecified atom stereocenters. The number of nitrogens with one attached hydrogen (secondary N) is 1. The van der Waals surface area contributed by atoms with E-state index < -0.39 is 0 Å². The average Bonchev–Trinajstić information content (AvgIpc) is 2.94. The summed E-state index contributed by atoms with van der Waals surface area (Å²) < 4.78 is 5.36. The summed E-state index contributed by atoms with van der Waals surface area (Å²) >= 11 is 0. The van der Waals surface area contributed by atoms with Gasteiger partial charge in [-0.15, -0.1) is 0 Å². The summed E-state index contributed by atoms with van der Waals surface area (Å²) in [6.45, 7) is 3.28. The zero-order valence-corrected chi connectivity index (χ0v) is 13.6. The second-order valence-corrected chi connectivity index (χ2v) is 6.87. The van der Waals surface area contributed by atoms with E-state index in [9.17, 15) is 9.59 Å². The number of rotatable bonds is 7. The van der Waals surface area contributed by atoms with Crippen LogP contribution in [-0.4, -0.2) is 56.6 Å². The Labute approximate surface area is 132 Å². The number of carbonyl (C=O) groups excluding carboxylic acids is 2. The number of hydrogen-bond acceptors (Lipinski definition) is 4. The van der Waals surface area contributed by atoms with Crippen LogP contribution in [0.1, 0.15) is 38.5 Å². The van der Waals surface area contributed by atoms with Gasteiger partial charge in [0.2, 0.25) is 11.8 Å². The summed E-state index contributed by atoms with van der Waals surface area (Å²) in [5.74, 6) is -0.0862. The van der Waals surface area contributed by atoms with Gasteiger partial charge in [-0.1, -0.05) is 12.8 Å². The highest BCUT2D eigenvalue weighted by Crippen LogP contribution is 2.37. The lowest BCUT2D eigenvalue weighted by Crippen LogP contribution is -2.46. The number of piperidine rings is 1. The zero-order chi connectivity index (χ0) is 16.0. The molecule has 2 aliphatic rings. The molecule has 1 saturated carbocycles. The number of nitrogens with two attached hydrogens (primary N) is 1. The molecule has 0 spiro atoms. The van der Waals surface area contributed by atoms with E-state index in [0.717, 1.165) is 51.9 Å². The predicted molar refractivity (Wildman–Crippen MR) is 84.1 cm³/mol. The van der Waals surface area contributed by atoms with Crippen molar-refractivity contribution in [3.63, 3.8) is 0 Å². The Morgan fingerprint density at radius 3 is 2.45 bits per heavy atom. The summed E-state index contributed by atoms with van der Waals surface area (Å²) in [7, 11) is 1.73. The normalized spacial score (nSPS) is 22.6.